The van der Waals surface area contributed by atoms with E-state index in [2.05, 4.69) is 13.5 Å². The highest BCUT2D eigenvalue weighted by atomic mass is 14.6. The van der Waals surface area contributed by atoms with Gasteiger partial charge in [0.15, 0.2) is 0 Å². The molecule has 0 rings (SSSR count). The highest BCUT2D eigenvalue weighted by molar-refractivity contribution is 5.34. The summed E-state index contributed by atoms with van der Waals surface area (Å²) < 4.78 is 0. The Bertz CT molecular complexity index is 197. The first-order chi connectivity index (χ1) is 6.13. The number of hydrogen-bond donors (Lipinski definition) is 1. The predicted octanol–water partition coefficient (Wildman–Crippen LogP) is 3.79. The normalized spacial score (nSPS) is 11.8. The molecule has 0 heterocycles. The van der Waals surface area contributed by atoms with Crippen molar-refractivity contribution in [2.75, 3.05) is 0 Å². The van der Waals surface area contributed by atoms with Gasteiger partial charge in [0.2, 0.25) is 0 Å². The van der Waals surface area contributed by atoms with Gasteiger partial charge < -0.3 is 5.73 Å². The number of hydrogen-bond acceptors (Lipinski definition) is 1. The van der Waals surface area contributed by atoms with E-state index in [0.717, 1.165) is 23.3 Å². The standard InChI is InChI=1S/C10H17N.C2H6/c1-5-7-10(11)9(4)8(3)6-2;1-2/h5,7H,3,6,11H2,1-2,4H3;1-2H3/b7-5-,10-9-;. The smallest absolute Gasteiger partial charge is 0.0342 e. The highest BCUT2D eigenvalue weighted by Crippen LogP contribution is 2.12. The molecule has 1 heteroatoms. The molecule has 0 aliphatic rings. The maximum Gasteiger partial charge on any atom is 0.0342 e. The lowest BCUT2D eigenvalue weighted by molar-refractivity contribution is 1.09. The van der Waals surface area contributed by atoms with E-state index in [-0.39, 0.29) is 0 Å². The zero-order valence-electron chi connectivity index (χ0n) is 9.65. The Balaban J connectivity index is 0. The van der Waals surface area contributed by atoms with Gasteiger partial charge in [0.05, 0.1) is 0 Å². The van der Waals surface area contributed by atoms with Crippen LogP contribution in [0.15, 0.2) is 35.6 Å². The topological polar surface area (TPSA) is 26.0 Å². The molecule has 0 aromatic rings. The van der Waals surface area contributed by atoms with Gasteiger partial charge in [0, 0.05) is 5.70 Å². The number of allylic oxidation sites excluding steroid dienone is 4. The van der Waals surface area contributed by atoms with Gasteiger partial charge in [-0.3, -0.25) is 0 Å². The Labute approximate surface area is 83.0 Å². The fourth-order valence-electron chi connectivity index (χ4n) is 0.774. The Morgan fingerprint density at radius 2 is 1.85 bits per heavy atom. The van der Waals surface area contributed by atoms with Gasteiger partial charge in [-0.15, -0.1) is 0 Å². The predicted molar refractivity (Wildman–Crippen MR) is 62.5 cm³/mol. The number of nitrogens with two attached hydrogens (primary N) is 1. The lowest BCUT2D eigenvalue weighted by atomic mass is 10.1. The van der Waals surface area contributed by atoms with Crippen molar-refractivity contribution in [1.29, 1.82) is 0 Å². The third kappa shape index (κ3) is 6.21. The highest BCUT2D eigenvalue weighted by Gasteiger charge is 1.96. The quantitative estimate of drug-likeness (QED) is 0.659. The van der Waals surface area contributed by atoms with Crippen molar-refractivity contribution in [2.24, 2.45) is 5.73 Å². The average molecular weight is 181 g/mol. The molecule has 2 N–H and O–H groups in total. The maximum atomic E-state index is 5.74. The SMILES string of the molecule is C=C(CC)/C(C)=C(N)/C=C\C.CC. The van der Waals surface area contributed by atoms with E-state index in [1.807, 2.05) is 39.8 Å². The van der Waals surface area contributed by atoms with Crippen LogP contribution in [0, 0.1) is 0 Å². The first kappa shape index (κ1) is 14.5. The zero-order chi connectivity index (χ0) is 10.9. The van der Waals surface area contributed by atoms with Crippen LogP contribution in [0.4, 0.5) is 0 Å². The van der Waals surface area contributed by atoms with E-state index in [0.29, 0.717) is 0 Å². The second kappa shape index (κ2) is 9.11. The molecule has 0 unspecified atom stereocenters. The molecular weight excluding hydrogens is 158 g/mol. The summed E-state index contributed by atoms with van der Waals surface area (Å²) in [5, 5.41) is 0. The monoisotopic (exact) mass is 181 g/mol. The van der Waals surface area contributed by atoms with Gasteiger partial charge in [-0.05, 0) is 31.9 Å². The van der Waals surface area contributed by atoms with Gasteiger partial charge in [-0.25, -0.2) is 0 Å². The van der Waals surface area contributed by atoms with Crippen LogP contribution in [0.25, 0.3) is 0 Å². The van der Waals surface area contributed by atoms with E-state index in [9.17, 15) is 0 Å². The molecule has 1 nitrogen and oxygen atoms in total. The Morgan fingerprint density at radius 1 is 1.38 bits per heavy atom. The van der Waals surface area contributed by atoms with Crippen molar-refractivity contribution in [2.45, 2.75) is 41.0 Å². The van der Waals surface area contributed by atoms with Crippen LogP contribution < -0.4 is 5.73 Å². The minimum absolute atomic E-state index is 0.819. The molecule has 0 aliphatic carbocycles. The molecule has 0 spiro atoms. The first-order valence-electron chi connectivity index (χ1n) is 4.90. The average Bonchev–Trinajstić information content (AvgIpc) is 2.19. The fraction of sp³-hybridized carbons (Fsp3) is 0.500. The summed E-state index contributed by atoms with van der Waals surface area (Å²) in [6.45, 7) is 13.9. The second-order valence-electron chi connectivity index (χ2n) is 2.54. The molecule has 0 aromatic heterocycles. The lowest BCUT2D eigenvalue weighted by Crippen LogP contribution is -1.98. The van der Waals surface area contributed by atoms with Crippen molar-refractivity contribution < 1.29 is 0 Å². The van der Waals surface area contributed by atoms with Gasteiger partial charge in [-0.2, -0.15) is 0 Å². The van der Waals surface area contributed by atoms with Crippen molar-refractivity contribution in [3.05, 3.63) is 35.6 Å². The van der Waals surface area contributed by atoms with E-state index in [1.54, 1.807) is 0 Å². The summed E-state index contributed by atoms with van der Waals surface area (Å²) in [4.78, 5) is 0. The van der Waals surface area contributed by atoms with E-state index >= 15 is 0 Å². The number of rotatable bonds is 3. The van der Waals surface area contributed by atoms with E-state index in [1.165, 1.54) is 0 Å². The summed E-state index contributed by atoms with van der Waals surface area (Å²) in [5.74, 6) is 0. The molecule has 0 aliphatic heterocycles. The van der Waals surface area contributed by atoms with Crippen LogP contribution in [-0.4, -0.2) is 0 Å². The second-order valence-corrected chi connectivity index (χ2v) is 2.54. The summed E-state index contributed by atoms with van der Waals surface area (Å²) in [6, 6.07) is 0. The Kier molecular flexibility index (Phi) is 10.2. The molecule has 0 atom stereocenters. The molecule has 76 valence electrons. The first-order valence-corrected chi connectivity index (χ1v) is 4.90. The lowest BCUT2D eigenvalue weighted by Gasteiger charge is -2.04. The third-order valence-electron chi connectivity index (χ3n) is 1.74. The zero-order valence-corrected chi connectivity index (χ0v) is 9.65. The van der Waals surface area contributed by atoms with Gasteiger partial charge in [-0.1, -0.05) is 39.0 Å². The molecular formula is C12H23N. The Hall–Kier alpha value is -0.980. The van der Waals surface area contributed by atoms with Crippen LogP contribution in [0.3, 0.4) is 0 Å². The van der Waals surface area contributed by atoms with Crippen molar-refractivity contribution in [1.82, 2.24) is 0 Å². The molecule has 0 radical (unpaired) electrons. The molecule has 0 fully saturated rings. The van der Waals surface area contributed by atoms with Crippen molar-refractivity contribution in [3.8, 4) is 0 Å². The van der Waals surface area contributed by atoms with Crippen molar-refractivity contribution in [3.63, 3.8) is 0 Å². The van der Waals surface area contributed by atoms with Gasteiger partial charge in [0.1, 0.15) is 0 Å². The van der Waals surface area contributed by atoms with Crippen LogP contribution in [0.2, 0.25) is 0 Å². The van der Waals surface area contributed by atoms with E-state index < -0.39 is 0 Å². The fourth-order valence-corrected chi connectivity index (χ4v) is 0.774. The maximum absolute atomic E-state index is 5.74. The summed E-state index contributed by atoms with van der Waals surface area (Å²) in [6.07, 6.45) is 4.79. The molecule has 13 heavy (non-hydrogen) atoms. The summed E-state index contributed by atoms with van der Waals surface area (Å²) in [5.41, 5.74) is 8.77. The molecule has 0 saturated carbocycles. The van der Waals surface area contributed by atoms with Crippen molar-refractivity contribution >= 4 is 0 Å². The van der Waals surface area contributed by atoms with Crippen LogP contribution in [0.1, 0.15) is 41.0 Å². The molecule has 0 saturated heterocycles. The summed E-state index contributed by atoms with van der Waals surface area (Å²) >= 11 is 0. The van der Waals surface area contributed by atoms with Gasteiger partial charge in [0.25, 0.3) is 0 Å². The molecule has 0 aromatic carbocycles. The molecule has 0 amide bonds. The molecule has 0 bridgehead atoms. The van der Waals surface area contributed by atoms with Crippen LogP contribution in [0.5, 0.6) is 0 Å². The van der Waals surface area contributed by atoms with Gasteiger partial charge >= 0.3 is 0 Å². The van der Waals surface area contributed by atoms with Crippen LogP contribution >= 0.6 is 0 Å². The summed E-state index contributed by atoms with van der Waals surface area (Å²) in [7, 11) is 0. The largest absolute Gasteiger partial charge is 0.399 e. The van der Waals surface area contributed by atoms with Crippen LogP contribution in [-0.2, 0) is 0 Å². The third-order valence-corrected chi connectivity index (χ3v) is 1.74. The Morgan fingerprint density at radius 3 is 2.15 bits per heavy atom. The minimum atomic E-state index is 0.819. The van der Waals surface area contributed by atoms with E-state index in [4.69, 9.17) is 5.73 Å². The minimum Gasteiger partial charge on any atom is -0.399 e.